The van der Waals surface area contributed by atoms with Gasteiger partial charge in [0.25, 0.3) is 0 Å². The molecule has 1 aromatic rings. The molecule has 1 aromatic heterocycles. The zero-order valence-corrected chi connectivity index (χ0v) is 8.41. The number of aliphatic hydroxyl groups excluding tert-OH is 1. The number of aliphatic hydroxyl groups is 1. The molecule has 13 heavy (non-hydrogen) atoms. The maximum absolute atomic E-state index is 8.76. The van der Waals surface area contributed by atoms with Gasteiger partial charge in [0.15, 0.2) is 5.82 Å². The standard InChI is InChI=1S/C10H16N2O/c1-4-10(2,3)8-5-11-9(7-13)12-6-8/h5-6,13H,4,7H2,1-3H3. The molecule has 3 nitrogen and oxygen atoms in total. The third-order valence-corrected chi connectivity index (χ3v) is 2.51. The van der Waals surface area contributed by atoms with Crippen molar-refractivity contribution in [2.45, 2.75) is 39.2 Å². The fourth-order valence-corrected chi connectivity index (χ4v) is 0.990. The van der Waals surface area contributed by atoms with Crippen molar-refractivity contribution < 1.29 is 5.11 Å². The summed E-state index contributed by atoms with van der Waals surface area (Å²) in [6, 6.07) is 0. The molecular weight excluding hydrogens is 164 g/mol. The molecular formula is C10H16N2O. The van der Waals surface area contributed by atoms with Crippen LogP contribution in [0, 0.1) is 0 Å². The summed E-state index contributed by atoms with van der Waals surface area (Å²) in [6.45, 7) is 6.36. The highest BCUT2D eigenvalue weighted by molar-refractivity contribution is 5.16. The number of aromatic nitrogens is 2. The summed E-state index contributed by atoms with van der Waals surface area (Å²) in [7, 11) is 0. The largest absolute Gasteiger partial charge is 0.388 e. The van der Waals surface area contributed by atoms with Crippen LogP contribution in [-0.2, 0) is 12.0 Å². The Morgan fingerprint density at radius 2 is 1.85 bits per heavy atom. The Hall–Kier alpha value is -0.960. The van der Waals surface area contributed by atoms with Crippen molar-refractivity contribution in [1.82, 2.24) is 9.97 Å². The Bertz CT molecular complexity index is 267. The van der Waals surface area contributed by atoms with E-state index in [0.29, 0.717) is 5.82 Å². The van der Waals surface area contributed by atoms with Gasteiger partial charge in [-0.3, -0.25) is 0 Å². The van der Waals surface area contributed by atoms with Crippen molar-refractivity contribution in [3.8, 4) is 0 Å². The van der Waals surface area contributed by atoms with Crippen LogP contribution in [0.2, 0.25) is 0 Å². The SMILES string of the molecule is CCC(C)(C)c1cnc(CO)nc1. The first-order valence-electron chi connectivity index (χ1n) is 4.52. The first kappa shape index (κ1) is 10.1. The summed E-state index contributed by atoms with van der Waals surface area (Å²) < 4.78 is 0. The van der Waals surface area contributed by atoms with E-state index in [9.17, 15) is 0 Å². The van der Waals surface area contributed by atoms with Gasteiger partial charge in [-0.2, -0.15) is 0 Å². The molecule has 1 rings (SSSR count). The van der Waals surface area contributed by atoms with E-state index < -0.39 is 0 Å². The van der Waals surface area contributed by atoms with Gasteiger partial charge < -0.3 is 5.11 Å². The quantitative estimate of drug-likeness (QED) is 0.769. The predicted octanol–water partition coefficient (Wildman–Crippen LogP) is 1.66. The van der Waals surface area contributed by atoms with Crippen LogP contribution in [0.25, 0.3) is 0 Å². The highest BCUT2D eigenvalue weighted by Gasteiger charge is 2.18. The van der Waals surface area contributed by atoms with Crippen LogP contribution in [0.1, 0.15) is 38.6 Å². The minimum atomic E-state index is -0.0904. The summed E-state index contributed by atoms with van der Waals surface area (Å²) in [4.78, 5) is 8.10. The van der Waals surface area contributed by atoms with E-state index in [-0.39, 0.29) is 12.0 Å². The zero-order chi connectivity index (χ0) is 9.90. The van der Waals surface area contributed by atoms with Crippen molar-refractivity contribution in [1.29, 1.82) is 0 Å². The molecule has 0 bridgehead atoms. The normalized spacial score (nSPS) is 11.7. The highest BCUT2D eigenvalue weighted by atomic mass is 16.3. The summed E-state index contributed by atoms with van der Waals surface area (Å²) in [6.07, 6.45) is 4.64. The second-order valence-corrected chi connectivity index (χ2v) is 3.78. The maximum atomic E-state index is 8.76. The molecule has 0 aromatic carbocycles. The first-order valence-corrected chi connectivity index (χ1v) is 4.52. The molecule has 0 radical (unpaired) electrons. The molecule has 72 valence electrons. The molecule has 0 saturated carbocycles. The van der Waals surface area contributed by atoms with Gasteiger partial charge >= 0.3 is 0 Å². The van der Waals surface area contributed by atoms with Crippen molar-refractivity contribution in [3.63, 3.8) is 0 Å². The van der Waals surface area contributed by atoms with E-state index in [1.807, 2.05) is 0 Å². The van der Waals surface area contributed by atoms with Crippen molar-refractivity contribution in [2.24, 2.45) is 0 Å². The third-order valence-electron chi connectivity index (χ3n) is 2.51. The summed E-state index contributed by atoms with van der Waals surface area (Å²) >= 11 is 0. The van der Waals surface area contributed by atoms with Crippen LogP contribution in [0.15, 0.2) is 12.4 Å². The zero-order valence-electron chi connectivity index (χ0n) is 8.41. The van der Waals surface area contributed by atoms with Gasteiger partial charge in [-0.1, -0.05) is 20.8 Å². The molecule has 1 N–H and O–H groups in total. The molecule has 0 saturated heterocycles. The van der Waals surface area contributed by atoms with E-state index in [1.54, 1.807) is 12.4 Å². The lowest BCUT2D eigenvalue weighted by Gasteiger charge is -2.22. The van der Waals surface area contributed by atoms with Gasteiger partial charge in [-0.25, -0.2) is 9.97 Å². The molecule has 0 spiro atoms. The van der Waals surface area contributed by atoms with Crippen LogP contribution in [0.5, 0.6) is 0 Å². The number of rotatable bonds is 3. The van der Waals surface area contributed by atoms with Crippen LogP contribution in [0.4, 0.5) is 0 Å². The lowest BCUT2D eigenvalue weighted by Crippen LogP contribution is -2.16. The number of hydrogen-bond donors (Lipinski definition) is 1. The number of hydrogen-bond acceptors (Lipinski definition) is 3. The predicted molar refractivity (Wildman–Crippen MR) is 51.3 cm³/mol. The lowest BCUT2D eigenvalue weighted by atomic mass is 9.84. The van der Waals surface area contributed by atoms with Gasteiger partial charge in [0.05, 0.1) is 0 Å². The molecule has 0 amide bonds. The smallest absolute Gasteiger partial charge is 0.153 e. The monoisotopic (exact) mass is 180 g/mol. The Labute approximate surface area is 78.9 Å². The Morgan fingerprint density at radius 1 is 1.31 bits per heavy atom. The van der Waals surface area contributed by atoms with E-state index in [0.717, 1.165) is 12.0 Å². The molecule has 3 heteroatoms. The second kappa shape index (κ2) is 3.83. The molecule has 0 unspecified atom stereocenters. The molecule has 1 heterocycles. The minimum Gasteiger partial charge on any atom is -0.388 e. The fraction of sp³-hybridized carbons (Fsp3) is 0.600. The summed E-state index contributed by atoms with van der Waals surface area (Å²) in [5.74, 6) is 0.482. The van der Waals surface area contributed by atoms with Gasteiger partial charge in [-0.05, 0) is 17.4 Å². The summed E-state index contributed by atoms with van der Waals surface area (Å²) in [5, 5.41) is 8.76. The van der Waals surface area contributed by atoms with Crippen molar-refractivity contribution in [3.05, 3.63) is 23.8 Å². The highest BCUT2D eigenvalue weighted by Crippen LogP contribution is 2.24. The Morgan fingerprint density at radius 3 is 2.23 bits per heavy atom. The van der Waals surface area contributed by atoms with Crippen LogP contribution in [0.3, 0.4) is 0 Å². The maximum Gasteiger partial charge on any atom is 0.153 e. The van der Waals surface area contributed by atoms with Crippen LogP contribution in [-0.4, -0.2) is 15.1 Å². The molecule has 0 fully saturated rings. The van der Waals surface area contributed by atoms with Gasteiger partial charge in [0, 0.05) is 12.4 Å². The third kappa shape index (κ3) is 2.25. The van der Waals surface area contributed by atoms with E-state index in [1.165, 1.54) is 0 Å². The average molecular weight is 180 g/mol. The van der Waals surface area contributed by atoms with Gasteiger partial charge in [0.2, 0.25) is 0 Å². The van der Waals surface area contributed by atoms with Gasteiger partial charge in [-0.15, -0.1) is 0 Å². The van der Waals surface area contributed by atoms with E-state index in [4.69, 9.17) is 5.11 Å². The lowest BCUT2D eigenvalue weighted by molar-refractivity contribution is 0.271. The first-order chi connectivity index (χ1) is 6.10. The van der Waals surface area contributed by atoms with E-state index in [2.05, 4.69) is 30.7 Å². The van der Waals surface area contributed by atoms with Crippen LogP contribution < -0.4 is 0 Å². The van der Waals surface area contributed by atoms with Crippen LogP contribution >= 0.6 is 0 Å². The molecule has 0 aliphatic heterocycles. The fourth-order valence-electron chi connectivity index (χ4n) is 0.990. The molecule has 0 aliphatic rings. The minimum absolute atomic E-state index is 0.0904. The molecule has 0 atom stereocenters. The Kier molecular flexibility index (Phi) is 2.98. The van der Waals surface area contributed by atoms with Gasteiger partial charge in [0.1, 0.15) is 6.61 Å². The average Bonchev–Trinajstić information content (AvgIpc) is 2.18. The molecule has 0 aliphatic carbocycles. The topological polar surface area (TPSA) is 46.0 Å². The second-order valence-electron chi connectivity index (χ2n) is 3.78. The van der Waals surface area contributed by atoms with Crippen molar-refractivity contribution in [2.75, 3.05) is 0 Å². The number of nitrogens with zero attached hydrogens (tertiary/aromatic N) is 2. The summed E-state index contributed by atoms with van der Waals surface area (Å²) in [5.41, 5.74) is 1.24. The van der Waals surface area contributed by atoms with E-state index >= 15 is 0 Å². The Balaban J connectivity index is 2.92. The van der Waals surface area contributed by atoms with Crippen molar-refractivity contribution >= 4 is 0 Å².